The Labute approximate surface area is 145 Å². The summed E-state index contributed by atoms with van der Waals surface area (Å²) in [6.45, 7) is 2.39. The van der Waals surface area contributed by atoms with Crippen LogP contribution in [0.4, 0.5) is 10.5 Å². The molecule has 0 spiro atoms. The van der Waals surface area contributed by atoms with Gasteiger partial charge in [0.2, 0.25) is 0 Å². The summed E-state index contributed by atoms with van der Waals surface area (Å²) in [6, 6.07) is 13.1. The van der Waals surface area contributed by atoms with Crippen molar-refractivity contribution in [1.29, 1.82) is 0 Å². The molecule has 7 heteroatoms. The number of carbonyl (C=O) groups excluding carboxylic acids is 2. The lowest BCUT2D eigenvalue weighted by Gasteiger charge is -2.12. The molecular formula is C18H20N2O5. The Bertz CT molecular complexity index is 716. The minimum Gasteiger partial charge on any atom is -0.490 e. The number of esters is 1. The number of hydrogen-bond acceptors (Lipinski definition) is 5. The van der Waals surface area contributed by atoms with Crippen LogP contribution in [0.5, 0.6) is 11.5 Å². The van der Waals surface area contributed by atoms with Crippen LogP contribution in [0.1, 0.15) is 17.3 Å². The molecule has 0 saturated carbocycles. The van der Waals surface area contributed by atoms with Crippen LogP contribution in [0.3, 0.4) is 0 Å². The number of urea groups is 1. The van der Waals surface area contributed by atoms with E-state index in [1.54, 1.807) is 36.4 Å². The second-order valence-electron chi connectivity index (χ2n) is 4.87. The Kier molecular flexibility index (Phi) is 6.65. The van der Waals surface area contributed by atoms with E-state index < -0.39 is 12.0 Å². The maximum Gasteiger partial charge on any atom is 0.337 e. The highest BCUT2D eigenvalue weighted by molar-refractivity contribution is 5.92. The van der Waals surface area contributed by atoms with Crippen molar-refractivity contribution in [3.63, 3.8) is 0 Å². The molecule has 2 rings (SSSR count). The van der Waals surface area contributed by atoms with Crippen molar-refractivity contribution in [3.8, 4) is 11.5 Å². The van der Waals surface area contributed by atoms with Crippen LogP contribution in [0.25, 0.3) is 0 Å². The lowest BCUT2D eigenvalue weighted by atomic mass is 10.2. The number of ether oxygens (including phenoxy) is 3. The molecule has 0 aliphatic rings. The molecule has 0 heterocycles. The summed E-state index contributed by atoms with van der Waals surface area (Å²) in [6.07, 6.45) is 0. The highest BCUT2D eigenvalue weighted by atomic mass is 16.5. The van der Waals surface area contributed by atoms with Gasteiger partial charge in [0.25, 0.3) is 0 Å². The minimum atomic E-state index is -0.433. The highest BCUT2D eigenvalue weighted by Gasteiger charge is 2.07. The maximum absolute atomic E-state index is 11.9. The standard InChI is InChI=1S/C18H20N2O5/c1-3-24-15-6-4-5-7-16(15)25-12-19-18(22)20-14-10-8-13(9-11-14)17(21)23-2/h4-11H,3,12H2,1-2H3,(H2,19,20,22). The van der Waals surface area contributed by atoms with Crippen molar-refractivity contribution >= 4 is 17.7 Å². The smallest absolute Gasteiger partial charge is 0.337 e. The quantitative estimate of drug-likeness (QED) is 0.596. The number of rotatable bonds is 7. The summed E-state index contributed by atoms with van der Waals surface area (Å²) in [5, 5.41) is 5.22. The van der Waals surface area contributed by atoms with E-state index >= 15 is 0 Å². The van der Waals surface area contributed by atoms with Crippen molar-refractivity contribution in [3.05, 3.63) is 54.1 Å². The first-order chi connectivity index (χ1) is 12.1. The first-order valence-corrected chi connectivity index (χ1v) is 7.72. The molecule has 132 valence electrons. The third kappa shape index (κ3) is 5.42. The maximum atomic E-state index is 11.9. The lowest BCUT2D eigenvalue weighted by molar-refractivity contribution is 0.0600. The van der Waals surface area contributed by atoms with E-state index in [4.69, 9.17) is 9.47 Å². The number of anilines is 1. The zero-order chi connectivity index (χ0) is 18.1. The van der Waals surface area contributed by atoms with E-state index in [-0.39, 0.29) is 6.73 Å². The number of para-hydroxylation sites is 2. The molecule has 0 radical (unpaired) electrons. The minimum absolute atomic E-state index is 0.0177. The SMILES string of the molecule is CCOc1ccccc1OCNC(=O)Nc1ccc(C(=O)OC)cc1. The van der Waals surface area contributed by atoms with Gasteiger partial charge in [0.05, 0.1) is 19.3 Å². The third-order valence-corrected chi connectivity index (χ3v) is 3.17. The largest absolute Gasteiger partial charge is 0.490 e. The fourth-order valence-electron chi connectivity index (χ4n) is 2.01. The molecule has 0 aliphatic heterocycles. The number of methoxy groups -OCH3 is 1. The second kappa shape index (κ2) is 9.17. The van der Waals surface area contributed by atoms with E-state index in [1.807, 2.05) is 19.1 Å². The molecule has 0 unspecified atom stereocenters. The van der Waals surface area contributed by atoms with E-state index in [2.05, 4.69) is 15.4 Å². The van der Waals surface area contributed by atoms with Crippen LogP contribution < -0.4 is 20.1 Å². The zero-order valence-corrected chi connectivity index (χ0v) is 14.1. The van der Waals surface area contributed by atoms with E-state index in [9.17, 15) is 9.59 Å². The Morgan fingerprint density at radius 3 is 2.20 bits per heavy atom. The molecule has 7 nitrogen and oxygen atoms in total. The molecule has 2 N–H and O–H groups in total. The Morgan fingerprint density at radius 2 is 1.60 bits per heavy atom. The molecule has 0 bridgehead atoms. The molecule has 0 saturated heterocycles. The van der Waals surface area contributed by atoms with Crippen molar-refractivity contribution in [1.82, 2.24) is 5.32 Å². The van der Waals surface area contributed by atoms with Gasteiger partial charge < -0.3 is 24.8 Å². The molecule has 2 aromatic carbocycles. The molecule has 25 heavy (non-hydrogen) atoms. The lowest BCUT2D eigenvalue weighted by Crippen LogP contribution is -2.32. The predicted octanol–water partition coefficient (Wildman–Crippen LogP) is 3.03. The first kappa shape index (κ1) is 18.1. The summed E-state index contributed by atoms with van der Waals surface area (Å²) in [7, 11) is 1.31. The molecule has 0 fully saturated rings. The van der Waals surface area contributed by atoms with Gasteiger partial charge in [0.15, 0.2) is 18.2 Å². The third-order valence-electron chi connectivity index (χ3n) is 3.17. The number of amides is 2. The van der Waals surface area contributed by atoms with Crippen LogP contribution in [-0.2, 0) is 4.74 Å². The van der Waals surface area contributed by atoms with Gasteiger partial charge in [0.1, 0.15) is 0 Å². The van der Waals surface area contributed by atoms with Gasteiger partial charge in [-0.1, -0.05) is 12.1 Å². The topological polar surface area (TPSA) is 85.9 Å². The van der Waals surface area contributed by atoms with E-state index in [0.29, 0.717) is 29.4 Å². The van der Waals surface area contributed by atoms with Gasteiger partial charge >= 0.3 is 12.0 Å². The van der Waals surface area contributed by atoms with Crippen LogP contribution >= 0.6 is 0 Å². The number of nitrogens with one attached hydrogen (secondary N) is 2. The normalized spacial score (nSPS) is 9.84. The molecule has 0 aromatic heterocycles. The summed E-state index contributed by atoms with van der Waals surface area (Å²) in [5.74, 6) is 0.732. The summed E-state index contributed by atoms with van der Waals surface area (Å²) >= 11 is 0. The van der Waals surface area contributed by atoms with Crippen LogP contribution in [0.2, 0.25) is 0 Å². The highest BCUT2D eigenvalue weighted by Crippen LogP contribution is 2.25. The van der Waals surface area contributed by atoms with Gasteiger partial charge in [-0.05, 0) is 43.3 Å². The van der Waals surface area contributed by atoms with Crippen LogP contribution in [0, 0.1) is 0 Å². The zero-order valence-electron chi connectivity index (χ0n) is 14.1. The Balaban J connectivity index is 1.82. The first-order valence-electron chi connectivity index (χ1n) is 7.72. The van der Waals surface area contributed by atoms with Crippen molar-refractivity contribution in [2.24, 2.45) is 0 Å². The van der Waals surface area contributed by atoms with Crippen LogP contribution in [-0.4, -0.2) is 32.4 Å². The average molecular weight is 344 g/mol. The van der Waals surface area contributed by atoms with E-state index in [1.165, 1.54) is 7.11 Å². The molecule has 2 aromatic rings. The average Bonchev–Trinajstić information content (AvgIpc) is 2.63. The fourth-order valence-corrected chi connectivity index (χ4v) is 2.01. The van der Waals surface area contributed by atoms with Gasteiger partial charge in [0, 0.05) is 5.69 Å². The van der Waals surface area contributed by atoms with Gasteiger partial charge in [-0.3, -0.25) is 0 Å². The fraction of sp³-hybridized carbons (Fsp3) is 0.222. The number of carbonyl (C=O) groups is 2. The molecule has 2 amide bonds. The second-order valence-corrected chi connectivity index (χ2v) is 4.87. The predicted molar refractivity (Wildman–Crippen MR) is 93.0 cm³/mol. The Hall–Kier alpha value is -3.22. The van der Waals surface area contributed by atoms with Crippen LogP contribution in [0.15, 0.2) is 48.5 Å². The number of hydrogen-bond donors (Lipinski definition) is 2. The van der Waals surface area contributed by atoms with Gasteiger partial charge in [-0.25, -0.2) is 9.59 Å². The summed E-state index contributed by atoms with van der Waals surface area (Å²) in [5.41, 5.74) is 0.948. The Morgan fingerprint density at radius 1 is 0.960 bits per heavy atom. The van der Waals surface area contributed by atoms with Crippen molar-refractivity contribution in [2.75, 3.05) is 25.8 Å². The molecule has 0 aliphatic carbocycles. The van der Waals surface area contributed by atoms with Gasteiger partial charge in [-0.15, -0.1) is 0 Å². The summed E-state index contributed by atoms with van der Waals surface area (Å²) < 4.78 is 15.6. The van der Waals surface area contributed by atoms with E-state index in [0.717, 1.165) is 0 Å². The monoisotopic (exact) mass is 344 g/mol. The van der Waals surface area contributed by atoms with Crippen molar-refractivity contribution < 1.29 is 23.8 Å². The molecule has 0 atom stereocenters. The van der Waals surface area contributed by atoms with Crippen molar-refractivity contribution in [2.45, 2.75) is 6.92 Å². The summed E-state index contributed by atoms with van der Waals surface area (Å²) in [4.78, 5) is 23.2. The number of benzene rings is 2. The molecular weight excluding hydrogens is 324 g/mol. The van der Waals surface area contributed by atoms with Gasteiger partial charge in [-0.2, -0.15) is 0 Å².